The molecule has 0 aromatic heterocycles. The van der Waals surface area contributed by atoms with E-state index in [4.69, 9.17) is 4.74 Å². The van der Waals surface area contributed by atoms with Crippen molar-refractivity contribution in [2.75, 3.05) is 7.11 Å². The Morgan fingerprint density at radius 2 is 1.54 bits per heavy atom. The Labute approximate surface area is 152 Å². The van der Waals surface area contributed by atoms with E-state index in [0.717, 1.165) is 38.4 Å². The van der Waals surface area contributed by atoms with Gasteiger partial charge in [-0.15, -0.1) is 0 Å². The summed E-state index contributed by atoms with van der Waals surface area (Å²) in [7, 11) is 1.66. The summed E-state index contributed by atoms with van der Waals surface area (Å²) < 4.78 is 5.55. The van der Waals surface area contributed by atoms with Crippen LogP contribution < -0.4 is 4.74 Å². The predicted molar refractivity (Wildman–Crippen MR) is 108 cm³/mol. The summed E-state index contributed by atoms with van der Waals surface area (Å²) in [5.41, 5.74) is 2.45. The lowest BCUT2D eigenvalue weighted by molar-refractivity contribution is 0.414. The number of nitrogens with zero attached hydrogens (tertiary/aromatic N) is 1. The smallest absolute Gasteiger partial charge is 0.126 e. The number of benzene rings is 4. The highest BCUT2D eigenvalue weighted by molar-refractivity contribution is 6.01. The molecule has 0 saturated heterocycles. The van der Waals surface area contributed by atoms with Crippen LogP contribution in [0, 0.1) is 11.3 Å². The quantitative estimate of drug-likeness (QED) is 0.336. The molecule has 0 saturated carbocycles. The fraction of sp³-hybridized carbons (Fsp3) is 0.0417. The third kappa shape index (κ3) is 2.81. The van der Waals surface area contributed by atoms with Gasteiger partial charge in [-0.05, 0) is 45.3 Å². The summed E-state index contributed by atoms with van der Waals surface area (Å²) >= 11 is 0. The molecule has 0 aliphatic heterocycles. The van der Waals surface area contributed by atoms with Gasteiger partial charge >= 0.3 is 0 Å². The Morgan fingerprint density at radius 1 is 0.846 bits per heavy atom. The van der Waals surface area contributed by atoms with Crippen molar-refractivity contribution in [3.8, 4) is 11.8 Å². The van der Waals surface area contributed by atoms with Crippen molar-refractivity contribution >= 4 is 33.2 Å². The standard InChI is InChI=1S/C24H17NO/c1-26-24-13-12-18-7-4-5-9-22(18)23(24)15-21(16-25)20-11-10-17-6-2-3-8-19(17)14-20/h2-15H,1H3/b21-15+. The topological polar surface area (TPSA) is 33.0 Å². The number of methoxy groups -OCH3 is 1. The van der Waals surface area contributed by atoms with Crippen molar-refractivity contribution in [1.82, 2.24) is 0 Å². The Hall–Kier alpha value is -3.57. The second kappa shape index (κ2) is 6.74. The summed E-state index contributed by atoms with van der Waals surface area (Å²) in [5, 5.41) is 14.3. The zero-order valence-electron chi connectivity index (χ0n) is 14.4. The number of nitriles is 1. The first kappa shape index (κ1) is 15.9. The van der Waals surface area contributed by atoms with E-state index in [1.165, 1.54) is 0 Å². The number of fused-ring (bicyclic) bond motifs is 2. The van der Waals surface area contributed by atoms with E-state index in [1.807, 2.05) is 48.5 Å². The maximum Gasteiger partial charge on any atom is 0.126 e. The molecular weight excluding hydrogens is 318 g/mol. The van der Waals surface area contributed by atoms with Gasteiger partial charge in [-0.25, -0.2) is 0 Å². The predicted octanol–water partition coefficient (Wildman–Crippen LogP) is 6.07. The zero-order valence-corrected chi connectivity index (χ0v) is 14.4. The lowest BCUT2D eigenvalue weighted by Crippen LogP contribution is -1.90. The van der Waals surface area contributed by atoms with E-state index in [1.54, 1.807) is 7.11 Å². The van der Waals surface area contributed by atoms with Crippen LogP contribution in [0.3, 0.4) is 0 Å². The first-order valence-electron chi connectivity index (χ1n) is 8.47. The molecular formula is C24H17NO. The van der Waals surface area contributed by atoms with Crippen LogP contribution in [0.2, 0.25) is 0 Å². The molecule has 0 N–H and O–H groups in total. The van der Waals surface area contributed by atoms with Gasteiger partial charge in [0.15, 0.2) is 0 Å². The lowest BCUT2D eigenvalue weighted by Gasteiger charge is -2.10. The van der Waals surface area contributed by atoms with Crippen LogP contribution in [0.5, 0.6) is 5.75 Å². The molecule has 0 radical (unpaired) electrons. The van der Waals surface area contributed by atoms with Crippen LogP contribution >= 0.6 is 0 Å². The Bertz CT molecular complexity index is 1180. The molecule has 0 fully saturated rings. The van der Waals surface area contributed by atoms with Gasteiger partial charge in [-0.2, -0.15) is 5.26 Å². The number of hydrogen-bond donors (Lipinski definition) is 0. The van der Waals surface area contributed by atoms with Crippen molar-refractivity contribution in [1.29, 1.82) is 5.26 Å². The molecule has 4 aromatic carbocycles. The fourth-order valence-corrected chi connectivity index (χ4v) is 3.28. The molecule has 0 spiro atoms. The molecule has 26 heavy (non-hydrogen) atoms. The highest BCUT2D eigenvalue weighted by atomic mass is 16.5. The monoisotopic (exact) mass is 335 g/mol. The van der Waals surface area contributed by atoms with E-state index < -0.39 is 0 Å². The van der Waals surface area contributed by atoms with Gasteiger partial charge in [0.05, 0.1) is 18.8 Å². The largest absolute Gasteiger partial charge is 0.496 e. The van der Waals surface area contributed by atoms with Crippen molar-refractivity contribution < 1.29 is 4.74 Å². The lowest BCUT2D eigenvalue weighted by atomic mass is 9.97. The van der Waals surface area contributed by atoms with E-state index in [-0.39, 0.29) is 0 Å². The number of rotatable bonds is 3. The van der Waals surface area contributed by atoms with Gasteiger partial charge < -0.3 is 4.74 Å². The van der Waals surface area contributed by atoms with Gasteiger partial charge in [0.2, 0.25) is 0 Å². The number of ether oxygens (including phenoxy) is 1. The van der Waals surface area contributed by atoms with Crippen molar-refractivity contribution in [3.63, 3.8) is 0 Å². The molecule has 2 nitrogen and oxygen atoms in total. The third-order valence-corrected chi connectivity index (χ3v) is 4.62. The molecule has 4 aromatic rings. The van der Waals surface area contributed by atoms with E-state index in [9.17, 15) is 5.26 Å². The highest BCUT2D eigenvalue weighted by Gasteiger charge is 2.09. The van der Waals surface area contributed by atoms with Gasteiger partial charge in [-0.1, -0.05) is 66.7 Å². The molecule has 0 amide bonds. The SMILES string of the molecule is COc1ccc2ccccc2c1/C=C(\C#N)c1ccc2ccccc2c1. The second-order valence-corrected chi connectivity index (χ2v) is 6.13. The highest BCUT2D eigenvalue weighted by Crippen LogP contribution is 2.32. The maximum atomic E-state index is 9.79. The first-order chi connectivity index (χ1) is 12.8. The van der Waals surface area contributed by atoms with Gasteiger partial charge in [0.1, 0.15) is 5.75 Å². The fourth-order valence-electron chi connectivity index (χ4n) is 3.28. The van der Waals surface area contributed by atoms with Crippen LogP contribution in [0.25, 0.3) is 33.2 Å². The van der Waals surface area contributed by atoms with Gasteiger partial charge in [0, 0.05) is 5.56 Å². The summed E-state index contributed by atoms with van der Waals surface area (Å²) in [4.78, 5) is 0. The molecule has 0 bridgehead atoms. The molecule has 0 aliphatic rings. The number of allylic oxidation sites excluding steroid dienone is 1. The molecule has 0 heterocycles. The van der Waals surface area contributed by atoms with Crippen LogP contribution in [0.15, 0.2) is 78.9 Å². The van der Waals surface area contributed by atoms with Crippen molar-refractivity contribution in [3.05, 3.63) is 90.0 Å². The van der Waals surface area contributed by atoms with E-state index >= 15 is 0 Å². The zero-order chi connectivity index (χ0) is 17.9. The normalized spacial score (nSPS) is 11.5. The summed E-state index contributed by atoms with van der Waals surface area (Å²) in [6, 6.07) is 28.7. The average Bonchev–Trinajstić information content (AvgIpc) is 2.71. The molecule has 124 valence electrons. The number of hydrogen-bond acceptors (Lipinski definition) is 2. The summed E-state index contributed by atoms with van der Waals surface area (Å²) in [6.07, 6.45) is 1.92. The minimum Gasteiger partial charge on any atom is -0.496 e. The maximum absolute atomic E-state index is 9.79. The summed E-state index contributed by atoms with van der Waals surface area (Å²) in [5.74, 6) is 0.761. The Balaban J connectivity index is 1.93. The molecule has 2 heteroatoms. The van der Waals surface area contributed by atoms with Crippen molar-refractivity contribution in [2.24, 2.45) is 0 Å². The minimum atomic E-state index is 0.616. The van der Waals surface area contributed by atoms with Crippen LogP contribution in [0.4, 0.5) is 0 Å². The average molecular weight is 335 g/mol. The van der Waals surface area contributed by atoms with Crippen LogP contribution in [-0.2, 0) is 0 Å². The molecule has 0 aliphatic carbocycles. The Morgan fingerprint density at radius 3 is 2.31 bits per heavy atom. The van der Waals surface area contributed by atoms with Crippen LogP contribution in [0.1, 0.15) is 11.1 Å². The summed E-state index contributed by atoms with van der Waals surface area (Å²) in [6.45, 7) is 0. The third-order valence-electron chi connectivity index (χ3n) is 4.62. The molecule has 0 atom stereocenters. The van der Waals surface area contributed by atoms with Crippen molar-refractivity contribution in [2.45, 2.75) is 0 Å². The van der Waals surface area contributed by atoms with E-state index in [2.05, 4.69) is 42.5 Å². The Kier molecular flexibility index (Phi) is 4.13. The van der Waals surface area contributed by atoms with Gasteiger partial charge in [-0.3, -0.25) is 0 Å². The molecule has 4 rings (SSSR count). The van der Waals surface area contributed by atoms with E-state index in [0.29, 0.717) is 5.57 Å². The second-order valence-electron chi connectivity index (χ2n) is 6.13. The van der Waals surface area contributed by atoms with Crippen LogP contribution in [-0.4, -0.2) is 7.11 Å². The molecule has 0 unspecified atom stereocenters. The van der Waals surface area contributed by atoms with Gasteiger partial charge in [0.25, 0.3) is 0 Å². The first-order valence-corrected chi connectivity index (χ1v) is 8.47. The minimum absolute atomic E-state index is 0.616.